The minimum absolute atomic E-state index is 0.728. The van der Waals surface area contributed by atoms with E-state index in [0.717, 1.165) is 29.6 Å². The van der Waals surface area contributed by atoms with Gasteiger partial charge in [0, 0.05) is 15.9 Å². The summed E-state index contributed by atoms with van der Waals surface area (Å²) in [6.07, 6.45) is 1.73. The normalized spacial score (nSPS) is 11.4. The number of nitrogens with one attached hydrogen (secondary N) is 1. The van der Waals surface area contributed by atoms with Gasteiger partial charge in [0.05, 0.1) is 10.6 Å². The lowest BCUT2D eigenvalue weighted by atomic mass is 10.4. The van der Waals surface area contributed by atoms with Gasteiger partial charge in [0.2, 0.25) is 5.89 Å². The first-order valence-electron chi connectivity index (χ1n) is 5.49. The van der Waals surface area contributed by atoms with Crippen molar-refractivity contribution in [1.29, 1.82) is 0 Å². The van der Waals surface area contributed by atoms with Gasteiger partial charge in [-0.15, -0.1) is 22.7 Å². The number of hydrogen-bond acceptors (Lipinski definition) is 5. The van der Waals surface area contributed by atoms with E-state index in [-0.39, 0.29) is 0 Å². The Morgan fingerprint density at radius 2 is 2.35 bits per heavy atom. The monoisotopic (exact) mass is 264 g/mol. The van der Waals surface area contributed by atoms with Crippen LogP contribution in [0.1, 0.15) is 12.6 Å². The topological polar surface area (TPSA) is 38.1 Å². The van der Waals surface area contributed by atoms with Crippen molar-refractivity contribution in [3.8, 4) is 10.8 Å². The van der Waals surface area contributed by atoms with Crippen LogP contribution in [0.5, 0.6) is 0 Å². The third-order valence-corrected chi connectivity index (χ3v) is 4.54. The van der Waals surface area contributed by atoms with Crippen LogP contribution >= 0.6 is 22.7 Å². The zero-order chi connectivity index (χ0) is 11.7. The SMILES string of the molecule is CCNCc1coc(-c2cc3sccc3s2)n1. The predicted molar refractivity (Wildman–Crippen MR) is 72.6 cm³/mol. The summed E-state index contributed by atoms with van der Waals surface area (Å²) in [6.45, 7) is 3.78. The molecule has 0 saturated heterocycles. The molecule has 0 unspecified atom stereocenters. The number of nitrogens with zero attached hydrogens (tertiary/aromatic N) is 1. The van der Waals surface area contributed by atoms with Crippen molar-refractivity contribution in [2.45, 2.75) is 13.5 Å². The fourth-order valence-electron chi connectivity index (χ4n) is 1.63. The molecule has 3 aromatic rings. The molecular formula is C12H12N2OS2. The molecule has 5 heteroatoms. The Labute approximate surface area is 107 Å². The first-order valence-corrected chi connectivity index (χ1v) is 7.19. The number of aromatic nitrogens is 1. The standard InChI is InChI=1S/C12H12N2OS2/c1-2-13-6-8-7-15-12(14-8)11-5-10-9(17-11)3-4-16-10/h3-5,7,13H,2,6H2,1H3. The summed E-state index contributed by atoms with van der Waals surface area (Å²) in [5.41, 5.74) is 0.957. The fourth-order valence-corrected chi connectivity index (χ4v) is 3.67. The maximum absolute atomic E-state index is 5.51. The Bertz CT molecular complexity index is 595. The molecule has 0 amide bonds. The van der Waals surface area contributed by atoms with E-state index in [4.69, 9.17) is 4.42 Å². The van der Waals surface area contributed by atoms with Crippen molar-refractivity contribution in [2.24, 2.45) is 0 Å². The highest BCUT2D eigenvalue weighted by molar-refractivity contribution is 7.28. The maximum Gasteiger partial charge on any atom is 0.236 e. The van der Waals surface area contributed by atoms with Crippen LogP contribution in [-0.2, 0) is 6.54 Å². The highest BCUT2D eigenvalue weighted by Crippen LogP contribution is 2.35. The summed E-state index contributed by atoms with van der Waals surface area (Å²) in [5, 5.41) is 5.34. The quantitative estimate of drug-likeness (QED) is 0.780. The van der Waals surface area contributed by atoms with Crippen LogP contribution in [0.2, 0.25) is 0 Å². The van der Waals surface area contributed by atoms with Crippen LogP contribution in [0.3, 0.4) is 0 Å². The molecule has 3 aromatic heterocycles. The van der Waals surface area contributed by atoms with Crippen molar-refractivity contribution >= 4 is 32.1 Å². The number of fused-ring (bicyclic) bond motifs is 1. The van der Waals surface area contributed by atoms with Gasteiger partial charge in [-0.3, -0.25) is 0 Å². The fraction of sp³-hybridized carbons (Fsp3) is 0.250. The second kappa shape index (κ2) is 4.60. The number of thiophene rings is 2. The smallest absolute Gasteiger partial charge is 0.236 e. The molecule has 3 rings (SSSR count). The Balaban J connectivity index is 1.88. The van der Waals surface area contributed by atoms with Crippen LogP contribution in [-0.4, -0.2) is 11.5 Å². The van der Waals surface area contributed by atoms with E-state index in [1.54, 1.807) is 28.9 Å². The third kappa shape index (κ3) is 2.13. The van der Waals surface area contributed by atoms with Gasteiger partial charge in [-0.1, -0.05) is 6.92 Å². The molecule has 17 heavy (non-hydrogen) atoms. The third-order valence-electron chi connectivity index (χ3n) is 2.46. The Morgan fingerprint density at radius 1 is 1.41 bits per heavy atom. The molecule has 3 heterocycles. The minimum atomic E-state index is 0.728. The average molecular weight is 264 g/mol. The predicted octanol–water partition coefficient (Wildman–Crippen LogP) is 3.73. The summed E-state index contributed by atoms with van der Waals surface area (Å²) in [5.74, 6) is 0.728. The van der Waals surface area contributed by atoms with Crippen LogP contribution in [0.4, 0.5) is 0 Å². The summed E-state index contributed by atoms with van der Waals surface area (Å²) in [4.78, 5) is 5.58. The molecule has 0 aliphatic heterocycles. The summed E-state index contributed by atoms with van der Waals surface area (Å²) in [7, 11) is 0. The van der Waals surface area contributed by atoms with Crippen LogP contribution < -0.4 is 5.32 Å². The van der Waals surface area contributed by atoms with Gasteiger partial charge in [-0.2, -0.15) is 0 Å². The lowest BCUT2D eigenvalue weighted by Crippen LogP contribution is -2.11. The van der Waals surface area contributed by atoms with Crippen LogP contribution in [0.25, 0.3) is 20.2 Å². The zero-order valence-corrected chi connectivity index (χ0v) is 11.0. The summed E-state index contributed by atoms with van der Waals surface area (Å²) < 4.78 is 8.12. The van der Waals surface area contributed by atoms with Crippen molar-refractivity contribution in [3.63, 3.8) is 0 Å². The first kappa shape index (κ1) is 11.0. The maximum atomic E-state index is 5.51. The van der Waals surface area contributed by atoms with E-state index >= 15 is 0 Å². The van der Waals surface area contributed by atoms with Crippen molar-refractivity contribution < 1.29 is 4.42 Å². The molecule has 0 aromatic carbocycles. The van der Waals surface area contributed by atoms with Crippen LogP contribution in [0, 0.1) is 0 Å². The Kier molecular flexibility index (Phi) is 2.96. The molecule has 0 radical (unpaired) electrons. The second-order valence-electron chi connectivity index (χ2n) is 3.68. The molecule has 0 fully saturated rings. The van der Waals surface area contributed by atoms with Crippen LogP contribution in [0.15, 0.2) is 28.2 Å². The number of oxazole rings is 1. The highest BCUT2D eigenvalue weighted by Gasteiger charge is 2.10. The van der Waals surface area contributed by atoms with E-state index in [0.29, 0.717) is 0 Å². The largest absolute Gasteiger partial charge is 0.444 e. The van der Waals surface area contributed by atoms with Crippen molar-refractivity contribution in [1.82, 2.24) is 10.3 Å². The number of rotatable bonds is 4. The molecule has 0 aliphatic carbocycles. The molecule has 0 atom stereocenters. The lowest BCUT2D eigenvalue weighted by Gasteiger charge is -1.93. The van der Waals surface area contributed by atoms with Crippen molar-refractivity contribution in [2.75, 3.05) is 6.54 Å². The van der Waals surface area contributed by atoms with E-state index in [1.807, 2.05) is 0 Å². The van der Waals surface area contributed by atoms with E-state index in [9.17, 15) is 0 Å². The van der Waals surface area contributed by atoms with E-state index in [2.05, 4.69) is 34.7 Å². The molecule has 3 nitrogen and oxygen atoms in total. The van der Waals surface area contributed by atoms with Gasteiger partial charge < -0.3 is 9.73 Å². The van der Waals surface area contributed by atoms with Gasteiger partial charge >= 0.3 is 0 Å². The molecular weight excluding hydrogens is 252 g/mol. The first-order chi connectivity index (χ1) is 8.36. The molecule has 0 aliphatic rings. The molecule has 1 N–H and O–H groups in total. The van der Waals surface area contributed by atoms with Gasteiger partial charge in [0.25, 0.3) is 0 Å². The van der Waals surface area contributed by atoms with E-state index < -0.39 is 0 Å². The van der Waals surface area contributed by atoms with Gasteiger partial charge in [0.1, 0.15) is 6.26 Å². The molecule has 0 spiro atoms. The summed E-state index contributed by atoms with van der Waals surface area (Å²) in [6, 6.07) is 4.28. The lowest BCUT2D eigenvalue weighted by molar-refractivity contribution is 0.572. The minimum Gasteiger partial charge on any atom is -0.444 e. The molecule has 0 bridgehead atoms. The average Bonchev–Trinajstić information content (AvgIpc) is 3.00. The number of hydrogen-bond donors (Lipinski definition) is 1. The summed E-state index contributed by atoms with van der Waals surface area (Å²) >= 11 is 3.48. The van der Waals surface area contributed by atoms with Gasteiger partial charge in [-0.05, 0) is 24.1 Å². The van der Waals surface area contributed by atoms with Gasteiger partial charge in [-0.25, -0.2) is 4.98 Å². The van der Waals surface area contributed by atoms with Gasteiger partial charge in [0.15, 0.2) is 0 Å². The van der Waals surface area contributed by atoms with Crippen molar-refractivity contribution in [3.05, 3.63) is 29.5 Å². The second-order valence-corrected chi connectivity index (χ2v) is 5.72. The molecule has 0 saturated carbocycles. The zero-order valence-electron chi connectivity index (χ0n) is 9.40. The Morgan fingerprint density at radius 3 is 3.18 bits per heavy atom. The Hall–Kier alpha value is -1.17. The van der Waals surface area contributed by atoms with E-state index in [1.165, 1.54) is 9.40 Å². The highest BCUT2D eigenvalue weighted by atomic mass is 32.1. The molecule has 88 valence electrons.